The summed E-state index contributed by atoms with van der Waals surface area (Å²) in [5.74, 6) is -2.01. The lowest BCUT2D eigenvalue weighted by Crippen LogP contribution is -2.52. The average molecular weight is 454 g/mol. The molecule has 0 bridgehead atoms. The number of Topliss-reactive ketones (excluding diaryl/α,β-unsaturated/α-hetero) is 2. The van der Waals surface area contributed by atoms with Gasteiger partial charge >= 0.3 is 0 Å². The second kappa shape index (κ2) is 8.66. The van der Waals surface area contributed by atoms with Gasteiger partial charge in [-0.15, -0.1) is 11.3 Å². The number of piperidine rings is 1. The summed E-state index contributed by atoms with van der Waals surface area (Å²) in [7, 11) is 3.79. The van der Waals surface area contributed by atoms with Crippen LogP contribution in [0.3, 0.4) is 0 Å². The second-order valence-corrected chi connectivity index (χ2v) is 9.11. The smallest absolute Gasteiger partial charge is 0.256 e. The highest BCUT2D eigenvalue weighted by molar-refractivity contribution is 7.10. The molecule has 1 N–H and O–H groups in total. The fourth-order valence-corrected chi connectivity index (χ4v) is 5.07. The van der Waals surface area contributed by atoms with E-state index in [0.717, 1.165) is 16.1 Å². The van der Waals surface area contributed by atoms with E-state index in [-0.39, 0.29) is 31.2 Å². The zero-order valence-corrected chi connectivity index (χ0v) is 18.7. The Bertz CT molecular complexity index is 1120. The molecule has 1 fully saturated rings. The number of nitrogens with zero attached hydrogens (tertiary/aromatic N) is 2. The number of ketones is 2. The maximum atomic E-state index is 12.8. The largest absolute Gasteiger partial charge is 0.378 e. The van der Waals surface area contributed by atoms with Gasteiger partial charge in [-0.05, 0) is 42.7 Å². The van der Waals surface area contributed by atoms with E-state index in [9.17, 15) is 24.0 Å². The summed E-state index contributed by atoms with van der Waals surface area (Å²) >= 11 is 1.39. The summed E-state index contributed by atoms with van der Waals surface area (Å²) in [5, 5.41) is 4.03. The molecule has 8 nitrogen and oxygen atoms in total. The maximum absolute atomic E-state index is 12.8. The molecule has 1 aromatic heterocycles. The summed E-state index contributed by atoms with van der Waals surface area (Å²) in [4.78, 5) is 65.6. The summed E-state index contributed by atoms with van der Waals surface area (Å²) in [6.45, 7) is 0.271. The van der Waals surface area contributed by atoms with Crippen molar-refractivity contribution in [2.75, 3.05) is 19.0 Å². The van der Waals surface area contributed by atoms with Crippen LogP contribution in [0.2, 0.25) is 0 Å². The zero-order chi connectivity index (χ0) is 23.0. The SMILES string of the molecule is CN(C)c1ccc(C(=O)C(=O)CCc2scc3c2CN(C2CCC(=O)NC2=O)C3=O)cc1. The number of fused-ring (bicyclic) bond motifs is 1. The zero-order valence-electron chi connectivity index (χ0n) is 17.8. The van der Waals surface area contributed by atoms with Gasteiger partial charge < -0.3 is 9.80 Å². The van der Waals surface area contributed by atoms with E-state index in [1.54, 1.807) is 29.6 Å². The van der Waals surface area contributed by atoms with Crippen LogP contribution in [0.1, 0.15) is 50.4 Å². The van der Waals surface area contributed by atoms with E-state index in [0.29, 0.717) is 24.0 Å². The molecule has 4 rings (SSSR count). The Kier molecular flexibility index (Phi) is 5.92. The van der Waals surface area contributed by atoms with Gasteiger partial charge in [0.15, 0.2) is 0 Å². The molecule has 32 heavy (non-hydrogen) atoms. The number of amides is 3. The molecule has 1 unspecified atom stereocenters. The topological polar surface area (TPSA) is 104 Å². The summed E-state index contributed by atoms with van der Waals surface area (Å²) in [6, 6.07) is 6.21. The molecule has 1 atom stereocenters. The van der Waals surface area contributed by atoms with E-state index in [2.05, 4.69) is 5.32 Å². The summed E-state index contributed by atoms with van der Waals surface area (Å²) in [5.41, 5.74) is 2.64. The van der Waals surface area contributed by atoms with Crippen molar-refractivity contribution in [3.8, 4) is 0 Å². The Balaban J connectivity index is 1.40. The molecule has 0 saturated carbocycles. The number of anilines is 1. The van der Waals surface area contributed by atoms with Crippen molar-refractivity contribution in [3.63, 3.8) is 0 Å². The minimum Gasteiger partial charge on any atom is -0.378 e. The summed E-state index contributed by atoms with van der Waals surface area (Å²) < 4.78 is 0. The highest BCUT2D eigenvalue weighted by Gasteiger charge is 2.40. The third-order valence-corrected chi connectivity index (χ3v) is 6.95. The molecule has 2 aliphatic heterocycles. The van der Waals surface area contributed by atoms with Crippen molar-refractivity contribution in [1.29, 1.82) is 0 Å². The molecule has 3 amide bonds. The van der Waals surface area contributed by atoms with Gasteiger partial charge in [0.1, 0.15) is 6.04 Å². The third kappa shape index (κ3) is 4.08. The molecule has 166 valence electrons. The molecular formula is C23H23N3O5S. The number of aryl methyl sites for hydroxylation is 1. The Morgan fingerprint density at radius 1 is 1.16 bits per heavy atom. The van der Waals surface area contributed by atoms with Crippen LogP contribution in [-0.4, -0.2) is 54.3 Å². The number of thiophene rings is 1. The maximum Gasteiger partial charge on any atom is 0.256 e. The fourth-order valence-electron chi connectivity index (χ4n) is 4.03. The van der Waals surface area contributed by atoms with Gasteiger partial charge in [-0.3, -0.25) is 29.3 Å². The molecule has 1 saturated heterocycles. The third-order valence-electron chi connectivity index (χ3n) is 5.87. The molecule has 1 aromatic carbocycles. The molecule has 0 aliphatic carbocycles. The second-order valence-electron chi connectivity index (χ2n) is 8.14. The van der Waals surface area contributed by atoms with Gasteiger partial charge in [0, 0.05) is 55.0 Å². The van der Waals surface area contributed by atoms with Crippen LogP contribution in [0.4, 0.5) is 5.69 Å². The van der Waals surface area contributed by atoms with Crippen LogP contribution in [0.5, 0.6) is 0 Å². The number of imide groups is 1. The van der Waals surface area contributed by atoms with Crippen molar-refractivity contribution in [1.82, 2.24) is 10.2 Å². The lowest BCUT2D eigenvalue weighted by molar-refractivity contribution is -0.136. The highest BCUT2D eigenvalue weighted by atomic mass is 32.1. The Morgan fingerprint density at radius 3 is 2.53 bits per heavy atom. The predicted molar refractivity (Wildman–Crippen MR) is 119 cm³/mol. The standard InChI is InChI=1S/C23H23N3O5S/c1-25(2)14-5-3-13(4-6-14)21(29)18(27)8-9-19-15-11-26(23(31)16(15)12-32-19)17-7-10-20(28)24-22(17)30/h3-6,12,17H,7-11H2,1-2H3,(H,24,28,30). The Labute approximate surface area is 189 Å². The van der Waals surface area contributed by atoms with Crippen LogP contribution < -0.4 is 10.2 Å². The number of rotatable bonds is 7. The fraction of sp³-hybridized carbons (Fsp3) is 0.348. The predicted octanol–water partition coefficient (Wildman–Crippen LogP) is 1.96. The number of nitrogens with one attached hydrogen (secondary N) is 1. The molecular weight excluding hydrogens is 430 g/mol. The van der Waals surface area contributed by atoms with Crippen LogP contribution in [-0.2, 0) is 27.3 Å². The van der Waals surface area contributed by atoms with Crippen molar-refractivity contribution in [2.24, 2.45) is 0 Å². The molecule has 2 aliphatic rings. The number of hydrogen-bond donors (Lipinski definition) is 1. The first-order valence-corrected chi connectivity index (χ1v) is 11.2. The van der Waals surface area contributed by atoms with E-state index >= 15 is 0 Å². The first-order valence-electron chi connectivity index (χ1n) is 10.3. The van der Waals surface area contributed by atoms with Crippen LogP contribution in [0, 0.1) is 0 Å². The molecule has 0 spiro atoms. The lowest BCUT2D eigenvalue weighted by atomic mass is 10.0. The van der Waals surface area contributed by atoms with Gasteiger partial charge in [0.25, 0.3) is 5.91 Å². The van der Waals surface area contributed by atoms with Gasteiger partial charge in [-0.2, -0.15) is 0 Å². The van der Waals surface area contributed by atoms with Gasteiger partial charge in [0.2, 0.25) is 23.4 Å². The number of carbonyl (C=O) groups excluding carboxylic acids is 5. The van der Waals surface area contributed by atoms with Gasteiger partial charge in [-0.25, -0.2) is 0 Å². The minimum atomic E-state index is -0.668. The van der Waals surface area contributed by atoms with Crippen molar-refractivity contribution in [3.05, 3.63) is 51.2 Å². The van der Waals surface area contributed by atoms with Crippen LogP contribution in [0.15, 0.2) is 29.6 Å². The highest BCUT2D eigenvalue weighted by Crippen LogP contribution is 2.34. The molecule has 0 radical (unpaired) electrons. The van der Waals surface area contributed by atoms with Crippen molar-refractivity contribution >= 4 is 46.3 Å². The van der Waals surface area contributed by atoms with E-state index in [4.69, 9.17) is 0 Å². The number of benzene rings is 1. The van der Waals surface area contributed by atoms with Gasteiger partial charge in [0.05, 0.1) is 5.56 Å². The van der Waals surface area contributed by atoms with E-state index < -0.39 is 23.5 Å². The first-order chi connectivity index (χ1) is 15.3. The first kappa shape index (κ1) is 21.9. The monoisotopic (exact) mass is 453 g/mol. The van der Waals surface area contributed by atoms with E-state index in [1.165, 1.54) is 16.2 Å². The van der Waals surface area contributed by atoms with Crippen LogP contribution >= 0.6 is 11.3 Å². The normalized spacial score (nSPS) is 17.9. The van der Waals surface area contributed by atoms with Crippen molar-refractivity contribution in [2.45, 2.75) is 38.3 Å². The average Bonchev–Trinajstić information content (AvgIpc) is 3.31. The van der Waals surface area contributed by atoms with Gasteiger partial charge in [-0.1, -0.05) is 0 Å². The quantitative estimate of drug-likeness (QED) is 0.391. The molecule has 3 heterocycles. The van der Waals surface area contributed by atoms with Crippen LogP contribution in [0.25, 0.3) is 0 Å². The minimum absolute atomic E-state index is 0.0494. The van der Waals surface area contributed by atoms with E-state index in [1.807, 2.05) is 19.0 Å². The number of hydrogen-bond acceptors (Lipinski definition) is 7. The Hall–Kier alpha value is -3.33. The molecule has 9 heteroatoms. The lowest BCUT2D eigenvalue weighted by Gasteiger charge is -2.29. The summed E-state index contributed by atoms with van der Waals surface area (Å²) in [6.07, 6.45) is 0.912. The number of carbonyl (C=O) groups is 5. The Morgan fingerprint density at radius 2 is 1.88 bits per heavy atom. The van der Waals surface area contributed by atoms with Crippen molar-refractivity contribution < 1.29 is 24.0 Å². The molecule has 2 aromatic rings.